The monoisotopic (exact) mass is 391 g/mol. The van der Waals surface area contributed by atoms with Crippen molar-refractivity contribution in [2.24, 2.45) is 11.3 Å². The first-order valence-corrected chi connectivity index (χ1v) is 9.26. The molecule has 1 aromatic carbocycles. The maximum absolute atomic E-state index is 12.9. The van der Waals surface area contributed by atoms with Gasteiger partial charge in [-0.1, -0.05) is 12.8 Å². The van der Waals surface area contributed by atoms with Crippen molar-refractivity contribution in [3.05, 3.63) is 30.1 Å². The van der Waals surface area contributed by atoms with Crippen LogP contribution < -0.4 is 15.4 Å². The van der Waals surface area contributed by atoms with Crippen molar-refractivity contribution < 1.29 is 9.53 Å². The SMILES string of the molecule is COc1ccc(-c2n[nH]c(CNC(=O)[C@@]34CCCC[C@H]3CNC4)n2)cc1.Cl. The van der Waals surface area contributed by atoms with Crippen LogP contribution in [0.1, 0.15) is 31.5 Å². The van der Waals surface area contributed by atoms with Crippen LogP contribution >= 0.6 is 12.4 Å². The van der Waals surface area contributed by atoms with Crippen LogP contribution in [-0.4, -0.2) is 41.3 Å². The van der Waals surface area contributed by atoms with E-state index in [9.17, 15) is 4.79 Å². The zero-order chi connectivity index (χ0) is 18.0. The third kappa shape index (κ3) is 3.80. The number of carbonyl (C=O) groups excluding carboxylic acids is 1. The molecule has 2 fully saturated rings. The van der Waals surface area contributed by atoms with Crippen LogP contribution in [0.5, 0.6) is 5.75 Å². The fraction of sp³-hybridized carbons (Fsp3) is 0.526. The smallest absolute Gasteiger partial charge is 0.228 e. The van der Waals surface area contributed by atoms with Crippen molar-refractivity contribution in [2.75, 3.05) is 20.2 Å². The third-order valence-electron chi connectivity index (χ3n) is 5.79. The molecule has 2 aliphatic rings. The number of hydrogen-bond acceptors (Lipinski definition) is 5. The Morgan fingerprint density at radius 3 is 2.93 bits per heavy atom. The van der Waals surface area contributed by atoms with Gasteiger partial charge in [-0.15, -0.1) is 12.4 Å². The molecular weight excluding hydrogens is 366 g/mol. The van der Waals surface area contributed by atoms with Gasteiger partial charge in [-0.2, -0.15) is 5.10 Å². The van der Waals surface area contributed by atoms with Gasteiger partial charge in [0.15, 0.2) is 5.82 Å². The summed E-state index contributed by atoms with van der Waals surface area (Å²) >= 11 is 0. The van der Waals surface area contributed by atoms with Crippen LogP contribution in [0.15, 0.2) is 24.3 Å². The van der Waals surface area contributed by atoms with E-state index in [2.05, 4.69) is 25.8 Å². The predicted octanol–water partition coefficient (Wildman–Crippen LogP) is 2.30. The van der Waals surface area contributed by atoms with Crippen LogP contribution in [0, 0.1) is 11.3 Å². The Balaban J connectivity index is 0.00000210. The first-order valence-electron chi connectivity index (χ1n) is 9.26. The molecule has 0 bridgehead atoms. The minimum Gasteiger partial charge on any atom is -0.497 e. The Morgan fingerprint density at radius 1 is 1.33 bits per heavy atom. The van der Waals surface area contributed by atoms with E-state index < -0.39 is 0 Å². The summed E-state index contributed by atoms with van der Waals surface area (Å²) in [7, 11) is 1.64. The van der Waals surface area contributed by atoms with E-state index in [0.29, 0.717) is 24.1 Å². The molecule has 3 N–H and O–H groups in total. The van der Waals surface area contributed by atoms with Gasteiger partial charge in [0.25, 0.3) is 0 Å². The number of fused-ring (bicyclic) bond motifs is 1. The van der Waals surface area contributed by atoms with Crippen LogP contribution in [-0.2, 0) is 11.3 Å². The quantitative estimate of drug-likeness (QED) is 0.727. The Kier molecular flexibility index (Phi) is 6.01. The number of methoxy groups -OCH3 is 1. The lowest BCUT2D eigenvalue weighted by Gasteiger charge is -2.37. The molecule has 1 aliphatic carbocycles. The number of nitrogens with one attached hydrogen (secondary N) is 3. The second-order valence-electron chi connectivity index (χ2n) is 7.25. The summed E-state index contributed by atoms with van der Waals surface area (Å²) in [6, 6.07) is 7.59. The summed E-state index contributed by atoms with van der Waals surface area (Å²) < 4.78 is 5.17. The molecule has 146 valence electrons. The largest absolute Gasteiger partial charge is 0.497 e. The number of aromatic amines is 1. The van der Waals surface area contributed by atoms with E-state index in [-0.39, 0.29) is 23.7 Å². The van der Waals surface area contributed by atoms with E-state index in [0.717, 1.165) is 43.7 Å². The van der Waals surface area contributed by atoms with Crippen molar-refractivity contribution in [1.29, 1.82) is 0 Å². The maximum atomic E-state index is 12.9. The van der Waals surface area contributed by atoms with Crippen molar-refractivity contribution in [1.82, 2.24) is 25.8 Å². The number of benzene rings is 1. The molecule has 1 saturated heterocycles. The summed E-state index contributed by atoms with van der Waals surface area (Å²) in [5.74, 6) is 2.69. The number of nitrogens with zero attached hydrogens (tertiary/aromatic N) is 2. The number of H-pyrrole nitrogens is 1. The number of aromatic nitrogens is 3. The van der Waals surface area contributed by atoms with Crippen LogP contribution in [0.3, 0.4) is 0 Å². The highest BCUT2D eigenvalue weighted by Crippen LogP contribution is 2.43. The minimum atomic E-state index is -0.239. The zero-order valence-corrected chi connectivity index (χ0v) is 16.3. The fourth-order valence-corrected chi connectivity index (χ4v) is 4.27. The van der Waals surface area contributed by atoms with Gasteiger partial charge < -0.3 is 15.4 Å². The number of carbonyl (C=O) groups is 1. The summed E-state index contributed by atoms with van der Waals surface area (Å²) in [4.78, 5) is 17.4. The molecule has 0 unspecified atom stereocenters. The molecule has 27 heavy (non-hydrogen) atoms. The Bertz CT molecular complexity index is 779. The molecule has 0 radical (unpaired) electrons. The molecule has 0 spiro atoms. The summed E-state index contributed by atoms with van der Waals surface area (Å²) in [5.41, 5.74) is 0.669. The van der Waals surface area contributed by atoms with Gasteiger partial charge >= 0.3 is 0 Å². The van der Waals surface area contributed by atoms with Crippen molar-refractivity contribution in [3.63, 3.8) is 0 Å². The van der Waals surface area contributed by atoms with E-state index in [1.165, 1.54) is 6.42 Å². The maximum Gasteiger partial charge on any atom is 0.228 e. The molecule has 2 atom stereocenters. The van der Waals surface area contributed by atoms with Crippen LogP contribution in [0.4, 0.5) is 0 Å². The normalized spacial score (nSPS) is 24.0. The van der Waals surface area contributed by atoms with E-state index >= 15 is 0 Å². The molecule has 1 aliphatic heterocycles. The summed E-state index contributed by atoms with van der Waals surface area (Å²) in [5, 5.41) is 13.7. The fourth-order valence-electron chi connectivity index (χ4n) is 4.27. The van der Waals surface area contributed by atoms with E-state index in [4.69, 9.17) is 4.74 Å². The van der Waals surface area contributed by atoms with Crippen molar-refractivity contribution >= 4 is 18.3 Å². The number of hydrogen-bond donors (Lipinski definition) is 3. The Labute approximate surface area is 165 Å². The standard InChI is InChI=1S/C19H25N5O2.ClH/c1-26-15-7-5-13(6-8-15)17-22-16(23-24-17)11-21-18(25)19-9-3-2-4-14(19)10-20-12-19;/h5-8,14,20H,2-4,9-12H2,1H3,(H,21,25)(H,22,23,24);1H/t14-,19+;/m0./s1. The van der Waals surface area contributed by atoms with Gasteiger partial charge in [-0.25, -0.2) is 4.98 Å². The topological polar surface area (TPSA) is 91.9 Å². The van der Waals surface area contributed by atoms with E-state index in [1.54, 1.807) is 7.11 Å². The van der Waals surface area contributed by atoms with Gasteiger partial charge in [-0.3, -0.25) is 9.89 Å². The van der Waals surface area contributed by atoms with Gasteiger partial charge in [-0.05, 0) is 49.6 Å². The average Bonchev–Trinajstić information content (AvgIpc) is 3.34. The van der Waals surface area contributed by atoms with Gasteiger partial charge in [0.05, 0.1) is 19.1 Å². The Morgan fingerprint density at radius 2 is 2.15 bits per heavy atom. The average molecular weight is 392 g/mol. The van der Waals surface area contributed by atoms with Crippen molar-refractivity contribution in [2.45, 2.75) is 32.2 Å². The first-order chi connectivity index (χ1) is 12.7. The number of amides is 1. The zero-order valence-electron chi connectivity index (χ0n) is 15.5. The van der Waals surface area contributed by atoms with Gasteiger partial charge in [0.2, 0.25) is 5.91 Å². The third-order valence-corrected chi connectivity index (χ3v) is 5.79. The van der Waals surface area contributed by atoms with Gasteiger partial charge in [0.1, 0.15) is 11.6 Å². The number of ether oxygens (including phenoxy) is 1. The second-order valence-corrected chi connectivity index (χ2v) is 7.25. The second kappa shape index (κ2) is 8.27. The number of halogens is 1. The van der Waals surface area contributed by atoms with Crippen LogP contribution in [0.25, 0.3) is 11.4 Å². The molecule has 1 aromatic heterocycles. The molecule has 7 nitrogen and oxygen atoms in total. The molecule has 4 rings (SSSR count). The van der Waals surface area contributed by atoms with Crippen molar-refractivity contribution in [3.8, 4) is 17.1 Å². The number of rotatable bonds is 5. The lowest BCUT2D eigenvalue weighted by Crippen LogP contribution is -2.47. The molecule has 1 saturated carbocycles. The molecule has 8 heteroatoms. The summed E-state index contributed by atoms with van der Waals surface area (Å²) in [6.07, 6.45) is 4.48. The molecule has 2 aromatic rings. The highest BCUT2D eigenvalue weighted by Gasteiger charge is 2.49. The lowest BCUT2D eigenvalue weighted by atomic mass is 9.67. The van der Waals surface area contributed by atoms with Crippen LogP contribution in [0.2, 0.25) is 0 Å². The lowest BCUT2D eigenvalue weighted by molar-refractivity contribution is -0.134. The van der Waals surface area contributed by atoms with E-state index in [1.807, 2.05) is 24.3 Å². The molecule has 2 heterocycles. The minimum absolute atomic E-state index is 0. The highest BCUT2D eigenvalue weighted by atomic mass is 35.5. The molecule has 1 amide bonds. The predicted molar refractivity (Wildman–Crippen MR) is 105 cm³/mol. The highest BCUT2D eigenvalue weighted by molar-refractivity contribution is 5.85. The first kappa shape index (κ1) is 19.6. The summed E-state index contributed by atoms with van der Waals surface area (Å²) in [6.45, 7) is 2.12. The molecular formula is C19H26ClN5O2. The van der Waals surface area contributed by atoms with Gasteiger partial charge in [0, 0.05) is 12.1 Å². The Hall–Kier alpha value is -2.12.